The van der Waals surface area contributed by atoms with Crippen LogP contribution in [-0.2, 0) is 14.3 Å². The van der Waals surface area contributed by atoms with Crippen LogP contribution in [0.15, 0.2) is 0 Å². The molecule has 94 valence electrons. The molecule has 3 N–H and O–H groups in total. The molecular weight excluding hydrogens is 212 g/mol. The first-order chi connectivity index (χ1) is 7.43. The Kier molecular flexibility index (Phi) is 6.67. The number of carbonyl (C=O) groups excluding carboxylic acids is 1. The van der Waals surface area contributed by atoms with Gasteiger partial charge < -0.3 is 20.5 Å². The third kappa shape index (κ3) is 4.59. The summed E-state index contributed by atoms with van der Waals surface area (Å²) in [6.45, 7) is 4.05. The maximum absolute atomic E-state index is 11.8. The van der Waals surface area contributed by atoms with Crippen LogP contribution in [0.25, 0.3) is 0 Å². The zero-order chi connectivity index (χ0) is 12.7. The number of nitrogens with zero attached hydrogens (tertiary/aromatic N) is 1. The highest BCUT2D eigenvalue weighted by atomic mass is 16.5. The highest BCUT2D eigenvalue weighted by molar-refractivity contribution is 5.82. The smallest absolute Gasteiger partial charge is 0.305 e. The Morgan fingerprint density at radius 1 is 1.50 bits per heavy atom. The van der Waals surface area contributed by atoms with E-state index in [4.69, 9.17) is 15.6 Å². The van der Waals surface area contributed by atoms with Gasteiger partial charge in [0.15, 0.2) is 0 Å². The predicted octanol–water partition coefficient (Wildman–Crippen LogP) is -0.328. The van der Waals surface area contributed by atoms with E-state index in [2.05, 4.69) is 0 Å². The lowest BCUT2D eigenvalue weighted by Gasteiger charge is -2.29. The van der Waals surface area contributed by atoms with Crippen molar-refractivity contribution in [2.45, 2.75) is 32.4 Å². The zero-order valence-electron chi connectivity index (χ0n) is 9.97. The van der Waals surface area contributed by atoms with Crippen LogP contribution in [0.1, 0.15) is 20.3 Å². The second-order valence-electron chi connectivity index (χ2n) is 3.63. The summed E-state index contributed by atoms with van der Waals surface area (Å²) in [6, 6.07) is -1.10. The summed E-state index contributed by atoms with van der Waals surface area (Å²) in [7, 11) is 1.46. The summed E-state index contributed by atoms with van der Waals surface area (Å²) in [5.41, 5.74) is 5.61. The zero-order valence-corrected chi connectivity index (χ0v) is 9.97. The van der Waals surface area contributed by atoms with Gasteiger partial charge in [0, 0.05) is 19.7 Å². The van der Waals surface area contributed by atoms with Crippen molar-refractivity contribution in [2.75, 3.05) is 20.3 Å². The fourth-order valence-electron chi connectivity index (χ4n) is 1.51. The Balaban J connectivity index is 4.46. The minimum absolute atomic E-state index is 0.0840. The first kappa shape index (κ1) is 14.9. The van der Waals surface area contributed by atoms with Crippen LogP contribution in [0.5, 0.6) is 0 Å². The second-order valence-corrected chi connectivity index (χ2v) is 3.63. The number of methoxy groups -OCH3 is 1. The summed E-state index contributed by atoms with van der Waals surface area (Å²) >= 11 is 0. The first-order valence-corrected chi connectivity index (χ1v) is 5.20. The number of carbonyl (C=O) groups is 2. The molecule has 2 atom stereocenters. The van der Waals surface area contributed by atoms with E-state index in [0.29, 0.717) is 6.54 Å². The molecule has 6 nitrogen and oxygen atoms in total. The molecule has 0 aromatic carbocycles. The van der Waals surface area contributed by atoms with Gasteiger partial charge in [-0.1, -0.05) is 0 Å². The van der Waals surface area contributed by atoms with E-state index in [9.17, 15) is 9.59 Å². The molecule has 0 aliphatic heterocycles. The molecule has 0 radical (unpaired) electrons. The van der Waals surface area contributed by atoms with E-state index in [0.717, 1.165) is 0 Å². The lowest BCUT2D eigenvalue weighted by atomic mass is 10.1. The Bertz CT molecular complexity index is 245. The van der Waals surface area contributed by atoms with E-state index in [1.165, 1.54) is 12.0 Å². The molecule has 0 fully saturated rings. The Hall–Kier alpha value is -1.14. The monoisotopic (exact) mass is 232 g/mol. The normalized spacial score (nSPS) is 14.2. The van der Waals surface area contributed by atoms with Gasteiger partial charge in [0.05, 0.1) is 13.0 Å². The van der Waals surface area contributed by atoms with E-state index >= 15 is 0 Å². The van der Waals surface area contributed by atoms with Gasteiger partial charge in [-0.15, -0.1) is 0 Å². The summed E-state index contributed by atoms with van der Waals surface area (Å²) in [5.74, 6) is -1.21. The highest BCUT2D eigenvalue weighted by Gasteiger charge is 2.25. The molecule has 0 aromatic heterocycles. The molecule has 0 saturated carbocycles. The number of hydrogen-bond acceptors (Lipinski definition) is 4. The van der Waals surface area contributed by atoms with Gasteiger partial charge in [-0.05, 0) is 13.8 Å². The first-order valence-electron chi connectivity index (χ1n) is 5.20. The predicted molar refractivity (Wildman–Crippen MR) is 59.0 cm³/mol. The van der Waals surface area contributed by atoms with Crippen LogP contribution in [-0.4, -0.2) is 54.2 Å². The van der Waals surface area contributed by atoms with Crippen molar-refractivity contribution in [3.63, 3.8) is 0 Å². The maximum Gasteiger partial charge on any atom is 0.305 e. The Morgan fingerprint density at radius 3 is 2.44 bits per heavy atom. The van der Waals surface area contributed by atoms with Gasteiger partial charge in [0.2, 0.25) is 5.91 Å². The fourth-order valence-corrected chi connectivity index (χ4v) is 1.51. The quantitative estimate of drug-likeness (QED) is 0.627. The number of hydrogen-bond donors (Lipinski definition) is 2. The largest absolute Gasteiger partial charge is 0.481 e. The van der Waals surface area contributed by atoms with E-state index in [-0.39, 0.29) is 25.0 Å². The third-order valence-corrected chi connectivity index (χ3v) is 2.29. The number of carboxylic acid groups (broad SMARTS) is 1. The summed E-state index contributed by atoms with van der Waals surface area (Å²) in [5, 5.41) is 8.66. The third-order valence-electron chi connectivity index (χ3n) is 2.29. The number of nitrogens with two attached hydrogens (primary N) is 1. The molecule has 0 saturated heterocycles. The van der Waals surface area contributed by atoms with Crippen LogP contribution < -0.4 is 5.73 Å². The molecule has 0 spiro atoms. The van der Waals surface area contributed by atoms with Gasteiger partial charge >= 0.3 is 5.97 Å². The number of amides is 1. The fraction of sp³-hybridized carbons (Fsp3) is 0.800. The van der Waals surface area contributed by atoms with Crippen molar-refractivity contribution in [2.24, 2.45) is 5.73 Å². The van der Waals surface area contributed by atoms with Gasteiger partial charge in [-0.3, -0.25) is 9.59 Å². The number of likely N-dealkylation sites (N-methyl/N-ethyl adjacent to an activating group) is 1. The van der Waals surface area contributed by atoms with Gasteiger partial charge in [0.1, 0.15) is 6.04 Å². The van der Waals surface area contributed by atoms with Crippen molar-refractivity contribution in [3.8, 4) is 0 Å². The molecule has 0 aliphatic rings. The minimum atomic E-state index is -0.931. The second kappa shape index (κ2) is 7.19. The SMILES string of the molecule is CCN(C(=O)C(N)COC)C(C)CC(=O)O. The average molecular weight is 232 g/mol. The van der Waals surface area contributed by atoms with Crippen molar-refractivity contribution in [1.29, 1.82) is 0 Å². The number of aliphatic carboxylic acids is 1. The van der Waals surface area contributed by atoms with E-state index < -0.39 is 12.0 Å². The molecule has 0 aliphatic carbocycles. The maximum atomic E-state index is 11.8. The van der Waals surface area contributed by atoms with Crippen LogP contribution in [0, 0.1) is 0 Å². The average Bonchev–Trinajstić information content (AvgIpc) is 2.17. The number of carboxylic acids is 1. The summed E-state index contributed by atoms with van der Waals surface area (Å²) in [4.78, 5) is 23.8. The number of ether oxygens (including phenoxy) is 1. The molecule has 0 rings (SSSR count). The minimum Gasteiger partial charge on any atom is -0.481 e. The van der Waals surface area contributed by atoms with Crippen molar-refractivity contribution < 1.29 is 19.4 Å². The van der Waals surface area contributed by atoms with E-state index in [1.54, 1.807) is 13.8 Å². The lowest BCUT2D eigenvalue weighted by molar-refractivity contribution is -0.141. The molecule has 1 amide bonds. The molecular formula is C10H20N2O4. The Morgan fingerprint density at radius 2 is 2.06 bits per heavy atom. The highest BCUT2D eigenvalue weighted by Crippen LogP contribution is 2.06. The van der Waals surface area contributed by atoms with Crippen LogP contribution in [0.3, 0.4) is 0 Å². The van der Waals surface area contributed by atoms with Crippen LogP contribution in [0.2, 0.25) is 0 Å². The molecule has 0 bridgehead atoms. The van der Waals surface area contributed by atoms with Gasteiger partial charge in [-0.2, -0.15) is 0 Å². The summed E-state index contributed by atoms with van der Waals surface area (Å²) in [6.07, 6.45) is -0.0840. The van der Waals surface area contributed by atoms with E-state index in [1.807, 2.05) is 0 Å². The molecule has 16 heavy (non-hydrogen) atoms. The molecule has 2 unspecified atom stereocenters. The molecule has 6 heteroatoms. The van der Waals surface area contributed by atoms with Crippen LogP contribution >= 0.6 is 0 Å². The molecule has 0 heterocycles. The van der Waals surface area contributed by atoms with Crippen molar-refractivity contribution in [1.82, 2.24) is 4.90 Å². The standard InChI is InChI=1S/C10H20N2O4/c1-4-12(7(2)5-9(13)14)10(15)8(11)6-16-3/h7-8H,4-6,11H2,1-3H3,(H,13,14). The van der Waals surface area contributed by atoms with Gasteiger partial charge in [0.25, 0.3) is 0 Å². The Labute approximate surface area is 95.4 Å². The van der Waals surface area contributed by atoms with Crippen molar-refractivity contribution in [3.05, 3.63) is 0 Å². The number of rotatable bonds is 7. The van der Waals surface area contributed by atoms with Crippen molar-refractivity contribution >= 4 is 11.9 Å². The topological polar surface area (TPSA) is 92.9 Å². The lowest BCUT2D eigenvalue weighted by Crippen LogP contribution is -2.49. The van der Waals surface area contributed by atoms with Gasteiger partial charge in [-0.25, -0.2) is 0 Å². The summed E-state index contributed by atoms with van der Waals surface area (Å²) < 4.78 is 4.79. The molecule has 0 aromatic rings. The van der Waals surface area contributed by atoms with Crippen LogP contribution in [0.4, 0.5) is 0 Å².